The highest BCUT2D eigenvalue weighted by Gasteiger charge is 2.21. The molecule has 1 fully saturated rings. The number of benzene rings is 2. The Kier molecular flexibility index (Phi) is 4.33. The molecule has 23 heavy (non-hydrogen) atoms. The Hall–Kier alpha value is -2.75. The van der Waals surface area contributed by atoms with E-state index < -0.39 is 0 Å². The largest absolute Gasteiger partial charge is 0.312 e. The third kappa shape index (κ3) is 3.54. The minimum absolute atomic E-state index is 0.0879. The number of carbonyl (C=O) groups is 2. The topological polar surface area (TPSA) is 37.4 Å². The average molecular weight is 309 g/mol. The monoisotopic (exact) mass is 309 g/mol. The van der Waals surface area contributed by atoms with Gasteiger partial charge in [0.25, 0.3) is 0 Å². The van der Waals surface area contributed by atoms with Crippen LogP contribution < -0.4 is 4.90 Å². The smallest absolute Gasteiger partial charge is 0.227 e. The SMILES string of the molecule is O=C(C=Cc1cccc(F)c1)c1cccc(N2CCCC2=O)c1. The lowest BCUT2D eigenvalue weighted by molar-refractivity contribution is -0.117. The number of ketones is 1. The van der Waals surface area contributed by atoms with Gasteiger partial charge in [0, 0.05) is 24.2 Å². The second-order valence-electron chi connectivity index (χ2n) is 5.45. The molecule has 116 valence electrons. The molecule has 0 aliphatic carbocycles. The first-order chi connectivity index (χ1) is 11.1. The maximum atomic E-state index is 13.1. The van der Waals surface area contributed by atoms with E-state index in [0.717, 1.165) is 12.1 Å². The number of nitrogens with zero attached hydrogens (tertiary/aromatic N) is 1. The van der Waals surface area contributed by atoms with Gasteiger partial charge in [0.15, 0.2) is 5.78 Å². The van der Waals surface area contributed by atoms with E-state index in [0.29, 0.717) is 24.1 Å². The number of hydrogen-bond acceptors (Lipinski definition) is 2. The van der Waals surface area contributed by atoms with E-state index >= 15 is 0 Å². The fraction of sp³-hybridized carbons (Fsp3) is 0.158. The quantitative estimate of drug-likeness (QED) is 0.635. The third-order valence-corrected chi connectivity index (χ3v) is 3.79. The van der Waals surface area contributed by atoms with Crippen LogP contribution in [0.15, 0.2) is 54.6 Å². The van der Waals surface area contributed by atoms with Crippen molar-refractivity contribution in [2.45, 2.75) is 12.8 Å². The van der Waals surface area contributed by atoms with E-state index in [1.807, 2.05) is 6.07 Å². The number of halogens is 1. The van der Waals surface area contributed by atoms with Crippen LogP contribution >= 0.6 is 0 Å². The van der Waals surface area contributed by atoms with Crippen molar-refractivity contribution in [2.24, 2.45) is 0 Å². The van der Waals surface area contributed by atoms with Gasteiger partial charge >= 0.3 is 0 Å². The average Bonchev–Trinajstić information content (AvgIpc) is 2.99. The summed E-state index contributed by atoms with van der Waals surface area (Å²) in [5.41, 5.74) is 1.89. The second kappa shape index (κ2) is 6.57. The Balaban J connectivity index is 1.78. The summed E-state index contributed by atoms with van der Waals surface area (Å²) < 4.78 is 13.1. The Morgan fingerprint density at radius 2 is 1.96 bits per heavy atom. The molecule has 2 aromatic rings. The molecule has 0 aromatic heterocycles. The highest BCUT2D eigenvalue weighted by Crippen LogP contribution is 2.22. The van der Waals surface area contributed by atoms with Gasteiger partial charge in [0.05, 0.1) is 0 Å². The predicted octanol–water partition coefficient (Wildman–Crippen LogP) is 3.85. The molecule has 0 saturated carbocycles. The van der Waals surface area contributed by atoms with Gasteiger partial charge in [-0.3, -0.25) is 9.59 Å². The lowest BCUT2D eigenvalue weighted by Gasteiger charge is -2.16. The van der Waals surface area contributed by atoms with Crippen LogP contribution in [0.4, 0.5) is 10.1 Å². The molecule has 1 heterocycles. The van der Waals surface area contributed by atoms with Crippen molar-refractivity contribution in [3.63, 3.8) is 0 Å². The Morgan fingerprint density at radius 1 is 1.13 bits per heavy atom. The van der Waals surface area contributed by atoms with Gasteiger partial charge in [-0.15, -0.1) is 0 Å². The van der Waals surface area contributed by atoms with Crippen molar-refractivity contribution < 1.29 is 14.0 Å². The number of allylic oxidation sites excluding steroid dienone is 1. The minimum atomic E-state index is -0.339. The van der Waals surface area contributed by atoms with Gasteiger partial charge in [-0.1, -0.05) is 30.3 Å². The summed E-state index contributed by atoms with van der Waals surface area (Å²) in [6.07, 6.45) is 4.40. The van der Waals surface area contributed by atoms with E-state index in [4.69, 9.17) is 0 Å². The Bertz CT molecular complexity index is 782. The summed E-state index contributed by atoms with van der Waals surface area (Å²) in [5, 5.41) is 0. The molecule has 0 bridgehead atoms. The first-order valence-electron chi connectivity index (χ1n) is 7.52. The minimum Gasteiger partial charge on any atom is -0.312 e. The third-order valence-electron chi connectivity index (χ3n) is 3.79. The van der Waals surface area contributed by atoms with Gasteiger partial charge in [-0.25, -0.2) is 4.39 Å². The van der Waals surface area contributed by atoms with Crippen molar-refractivity contribution in [3.05, 3.63) is 71.6 Å². The molecule has 1 saturated heterocycles. The van der Waals surface area contributed by atoms with E-state index in [1.54, 1.807) is 41.3 Å². The van der Waals surface area contributed by atoms with Gasteiger partial charge in [0.2, 0.25) is 5.91 Å². The molecule has 0 unspecified atom stereocenters. The van der Waals surface area contributed by atoms with Gasteiger partial charge < -0.3 is 4.90 Å². The summed E-state index contributed by atoms with van der Waals surface area (Å²) in [4.78, 5) is 25.8. The van der Waals surface area contributed by atoms with E-state index in [9.17, 15) is 14.0 Å². The summed E-state index contributed by atoms with van der Waals surface area (Å²) >= 11 is 0. The van der Waals surface area contributed by atoms with Crippen molar-refractivity contribution >= 4 is 23.5 Å². The van der Waals surface area contributed by atoms with Crippen molar-refractivity contribution in [3.8, 4) is 0 Å². The van der Waals surface area contributed by atoms with E-state index in [-0.39, 0.29) is 17.5 Å². The molecule has 2 aromatic carbocycles. The van der Waals surface area contributed by atoms with Gasteiger partial charge in [0.1, 0.15) is 5.82 Å². The van der Waals surface area contributed by atoms with Crippen molar-refractivity contribution in [2.75, 3.05) is 11.4 Å². The maximum absolute atomic E-state index is 13.1. The van der Waals surface area contributed by atoms with Crippen LogP contribution in [-0.2, 0) is 4.79 Å². The molecular formula is C19H16FNO2. The number of amides is 1. The zero-order valence-corrected chi connectivity index (χ0v) is 12.5. The van der Waals surface area contributed by atoms with Gasteiger partial charge in [-0.2, -0.15) is 0 Å². The molecule has 0 spiro atoms. The molecule has 0 radical (unpaired) electrons. The number of carbonyl (C=O) groups excluding carboxylic acids is 2. The van der Waals surface area contributed by atoms with Crippen LogP contribution in [0.5, 0.6) is 0 Å². The summed E-state index contributed by atoms with van der Waals surface area (Å²) in [5.74, 6) is -0.429. The number of rotatable bonds is 4. The fourth-order valence-corrected chi connectivity index (χ4v) is 2.63. The van der Waals surface area contributed by atoms with Gasteiger partial charge in [-0.05, 0) is 42.3 Å². The van der Waals surface area contributed by atoms with Crippen LogP contribution in [0, 0.1) is 5.82 Å². The molecule has 1 aliphatic heterocycles. The molecule has 1 amide bonds. The van der Waals surface area contributed by atoms with E-state index in [2.05, 4.69) is 0 Å². The Labute approximate surface area is 134 Å². The highest BCUT2D eigenvalue weighted by atomic mass is 19.1. The van der Waals surface area contributed by atoms with Crippen molar-refractivity contribution in [1.82, 2.24) is 0 Å². The summed E-state index contributed by atoms with van der Waals surface area (Å²) in [7, 11) is 0. The lowest BCUT2D eigenvalue weighted by atomic mass is 10.1. The second-order valence-corrected chi connectivity index (χ2v) is 5.45. The number of anilines is 1. The standard InChI is InChI=1S/C19H16FNO2/c20-16-6-1-4-14(12-16)9-10-18(22)15-5-2-7-17(13-15)21-11-3-8-19(21)23/h1-2,4-7,9-10,12-13H,3,8,11H2. The normalized spacial score (nSPS) is 14.7. The van der Waals surface area contributed by atoms with Crippen LogP contribution in [0.1, 0.15) is 28.8 Å². The zero-order valence-electron chi connectivity index (χ0n) is 12.5. The highest BCUT2D eigenvalue weighted by molar-refractivity contribution is 6.08. The Morgan fingerprint density at radius 3 is 2.70 bits per heavy atom. The van der Waals surface area contributed by atoms with Crippen LogP contribution in [0.2, 0.25) is 0 Å². The van der Waals surface area contributed by atoms with Crippen molar-refractivity contribution in [1.29, 1.82) is 0 Å². The molecule has 1 aliphatic rings. The van der Waals surface area contributed by atoms with Crippen LogP contribution in [-0.4, -0.2) is 18.2 Å². The summed E-state index contributed by atoms with van der Waals surface area (Å²) in [6, 6.07) is 13.1. The maximum Gasteiger partial charge on any atom is 0.227 e. The molecule has 3 rings (SSSR count). The fourth-order valence-electron chi connectivity index (χ4n) is 2.63. The molecule has 0 N–H and O–H groups in total. The first kappa shape index (κ1) is 15.2. The van der Waals surface area contributed by atoms with Crippen LogP contribution in [0.25, 0.3) is 6.08 Å². The molecular weight excluding hydrogens is 293 g/mol. The first-order valence-corrected chi connectivity index (χ1v) is 7.52. The zero-order chi connectivity index (χ0) is 16.2. The molecule has 0 atom stereocenters. The summed E-state index contributed by atoms with van der Waals surface area (Å²) in [6.45, 7) is 0.690. The molecule has 3 nitrogen and oxygen atoms in total. The van der Waals surface area contributed by atoms with E-state index in [1.165, 1.54) is 18.2 Å². The number of hydrogen-bond donors (Lipinski definition) is 0. The predicted molar refractivity (Wildman–Crippen MR) is 87.8 cm³/mol. The molecule has 4 heteroatoms. The van der Waals surface area contributed by atoms with Crippen LogP contribution in [0.3, 0.4) is 0 Å². The lowest BCUT2D eigenvalue weighted by Crippen LogP contribution is -2.23.